The highest BCUT2D eigenvalue weighted by Gasteiger charge is 2.13. The quantitative estimate of drug-likeness (QED) is 0.569. The van der Waals surface area contributed by atoms with Crippen LogP contribution in [0.3, 0.4) is 0 Å². The van der Waals surface area contributed by atoms with Gasteiger partial charge in [-0.3, -0.25) is 10.1 Å². The van der Waals surface area contributed by atoms with E-state index in [9.17, 15) is 10.1 Å². The zero-order valence-corrected chi connectivity index (χ0v) is 9.34. The Morgan fingerprint density at radius 3 is 2.69 bits per heavy atom. The molecule has 0 unspecified atom stereocenters. The lowest BCUT2D eigenvalue weighted by Gasteiger charge is -2.10. The third-order valence-electron chi connectivity index (χ3n) is 2.45. The number of anilines is 1. The standard InChI is InChI=1S/C10H12N4O2/c1-12(2)10-11-8-6-7(14(15)16)4-5-9(8)13(10)3/h4-6H,1-3H3. The van der Waals surface area contributed by atoms with Gasteiger partial charge in [0.2, 0.25) is 5.95 Å². The van der Waals surface area contributed by atoms with Crippen LogP contribution in [0.2, 0.25) is 0 Å². The summed E-state index contributed by atoms with van der Waals surface area (Å²) in [6, 6.07) is 4.69. The van der Waals surface area contributed by atoms with Crippen LogP contribution in [0.4, 0.5) is 11.6 Å². The molecule has 1 aromatic heterocycles. The van der Waals surface area contributed by atoms with E-state index in [0.29, 0.717) is 5.52 Å². The van der Waals surface area contributed by atoms with Crippen LogP contribution in [0.15, 0.2) is 18.2 Å². The number of hydrogen-bond acceptors (Lipinski definition) is 4. The van der Waals surface area contributed by atoms with E-state index in [1.807, 2.05) is 30.6 Å². The second-order valence-electron chi connectivity index (χ2n) is 3.80. The minimum absolute atomic E-state index is 0.0657. The van der Waals surface area contributed by atoms with Crippen molar-refractivity contribution in [3.05, 3.63) is 28.3 Å². The molecule has 0 aliphatic heterocycles. The normalized spacial score (nSPS) is 10.7. The molecule has 0 spiro atoms. The van der Waals surface area contributed by atoms with Crippen molar-refractivity contribution in [3.8, 4) is 0 Å². The molecule has 0 fully saturated rings. The van der Waals surface area contributed by atoms with Crippen LogP contribution in [-0.2, 0) is 7.05 Å². The van der Waals surface area contributed by atoms with Crippen LogP contribution in [-0.4, -0.2) is 28.6 Å². The van der Waals surface area contributed by atoms with E-state index >= 15 is 0 Å². The average Bonchev–Trinajstić information content (AvgIpc) is 2.55. The number of aromatic nitrogens is 2. The number of imidazole rings is 1. The first-order chi connectivity index (χ1) is 7.50. The van der Waals surface area contributed by atoms with Crippen molar-refractivity contribution in [2.75, 3.05) is 19.0 Å². The van der Waals surface area contributed by atoms with E-state index in [0.717, 1.165) is 11.5 Å². The molecule has 16 heavy (non-hydrogen) atoms. The molecular weight excluding hydrogens is 208 g/mol. The first-order valence-corrected chi connectivity index (χ1v) is 4.79. The fourth-order valence-electron chi connectivity index (χ4n) is 1.69. The number of benzene rings is 1. The van der Waals surface area contributed by atoms with Gasteiger partial charge in [0, 0.05) is 33.3 Å². The SMILES string of the molecule is CN(C)c1nc2cc([N+](=O)[O-])ccc2n1C. The van der Waals surface area contributed by atoms with Crippen molar-refractivity contribution in [1.29, 1.82) is 0 Å². The van der Waals surface area contributed by atoms with Crippen LogP contribution in [0, 0.1) is 10.1 Å². The number of nitro groups is 1. The molecule has 2 rings (SSSR count). The Morgan fingerprint density at radius 1 is 1.44 bits per heavy atom. The van der Waals surface area contributed by atoms with Gasteiger partial charge < -0.3 is 9.47 Å². The van der Waals surface area contributed by atoms with Crippen LogP contribution in [0.5, 0.6) is 0 Å². The molecule has 1 aromatic carbocycles. The van der Waals surface area contributed by atoms with Crippen LogP contribution in [0.25, 0.3) is 11.0 Å². The second-order valence-corrected chi connectivity index (χ2v) is 3.80. The highest BCUT2D eigenvalue weighted by molar-refractivity contribution is 5.81. The van der Waals surface area contributed by atoms with Gasteiger partial charge in [-0.15, -0.1) is 0 Å². The van der Waals surface area contributed by atoms with Crippen molar-refractivity contribution in [2.24, 2.45) is 7.05 Å². The van der Waals surface area contributed by atoms with E-state index in [4.69, 9.17) is 0 Å². The molecule has 0 bridgehead atoms. The molecular formula is C10H12N4O2. The van der Waals surface area contributed by atoms with Gasteiger partial charge in [0.1, 0.15) is 0 Å². The minimum Gasteiger partial charge on any atom is -0.348 e. The molecule has 6 nitrogen and oxygen atoms in total. The number of nitro benzene ring substituents is 1. The van der Waals surface area contributed by atoms with Crippen molar-refractivity contribution < 1.29 is 4.92 Å². The van der Waals surface area contributed by atoms with Crippen LogP contribution in [0.1, 0.15) is 0 Å². The monoisotopic (exact) mass is 220 g/mol. The highest BCUT2D eigenvalue weighted by Crippen LogP contribution is 2.23. The summed E-state index contributed by atoms with van der Waals surface area (Å²) in [6.07, 6.45) is 0. The predicted molar refractivity (Wildman–Crippen MR) is 61.7 cm³/mol. The predicted octanol–water partition coefficient (Wildman–Crippen LogP) is 1.55. The lowest BCUT2D eigenvalue weighted by Crippen LogP contribution is -2.13. The van der Waals surface area contributed by atoms with Gasteiger partial charge in [-0.05, 0) is 6.07 Å². The van der Waals surface area contributed by atoms with E-state index < -0.39 is 4.92 Å². The summed E-state index contributed by atoms with van der Waals surface area (Å²) >= 11 is 0. The Balaban J connectivity index is 2.67. The van der Waals surface area contributed by atoms with Crippen LogP contribution >= 0.6 is 0 Å². The van der Waals surface area contributed by atoms with Gasteiger partial charge in [0.05, 0.1) is 16.0 Å². The minimum atomic E-state index is -0.413. The van der Waals surface area contributed by atoms with Gasteiger partial charge >= 0.3 is 0 Å². The van der Waals surface area contributed by atoms with Gasteiger partial charge in [-0.25, -0.2) is 4.98 Å². The molecule has 1 heterocycles. The molecule has 0 aliphatic carbocycles. The summed E-state index contributed by atoms with van der Waals surface area (Å²) in [6.45, 7) is 0. The van der Waals surface area contributed by atoms with E-state index in [-0.39, 0.29) is 5.69 Å². The van der Waals surface area contributed by atoms with Gasteiger partial charge in [0.15, 0.2) is 0 Å². The molecule has 6 heteroatoms. The largest absolute Gasteiger partial charge is 0.348 e. The van der Waals surface area contributed by atoms with Crippen molar-refractivity contribution in [2.45, 2.75) is 0 Å². The maximum absolute atomic E-state index is 10.6. The first-order valence-electron chi connectivity index (χ1n) is 4.79. The fourth-order valence-corrected chi connectivity index (χ4v) is 1.69. The number of hydrogen-bond donors (Lipinski definition) is 0. The van der Waals surface area contributed by atoms with E-state index in [1.54, 1.807) is 6.07 Å². The third-order valence-corrected chi connectivity index (χ3v) is 2.45. The molecule has 0 N–H and O–H groups in total. The molecule has 0 amide bonds. The maximum Gasteiger partial charge on any atom is 0.271 e. The van der Waals surface area contributed by atoms with Gasteiger partial charge in [-0.2, -0.15) is 0 Å². The van der Waals surface area contributed by atoms with Gasteiger partial charge in [-0.1, -0.05) is 0 Å². The number of non-ortho nitro benzene ring substituents is 1. The molecule has 0 saturated heterocycles. The number of nitrogens with zero attached hydrogens (tertiary/aromatic N) is 4. The van der Waals surface area contributed by atoms with Gasteiger partial charge in [0.25, 0.3) is 5.69 Å². The lowest BCUT2D eigenvalue weighted by molar-refractivity contribution is -0.384. The molecule has 0 atom stereocenters. The van der Waals surface area contributed by atoms with Crippen LogP contribution < -0.4 is 4.90 Å². The Kier molecular flexibility index (Phi) is 2.26. The summed E-state index contributed by atoms with van der Waals surface area (Å²) in [4.78, 5) is 16.4. The summed E-state index contributed by atoms with van der Waals surface area (Å²) in [7, 11) is 5.65. The zero-order valence-electron chi connectivity index (χ0n) is 9.34. The summed E-state index contributed by atoms with van der Waals surface area (Å²) in [5.74, 6) is 0.774. The fraction of sp³-hybridized carbons (Fsp3) is 0.300. The first kappa shape index (κ1) is 10.4. The summed E-state index contributed by atoms with van der Waals surface area (Å²) in [5.41, 5.74) is 1.59. The molecule has 84 valence electrons. The maximum atomic E-state index is 10.6. The molecule has 0 saturated carbocycles. The summed E-state index contributed by atoms with van der Waals surface area (Å²) in [5, 5.41) is 10.6. The van der Waals surface area contributed by atoms with E-state index in [1.165, 1.54) is 12.1 Å². The Morgan fingerprint density at radius 2 is 2.12 bits per heavy atom. The Labute approximate surface area is 92.3 Å². The second kappa shape index (κ2) is 3.48. The van der Waals surface area contributed by atoms with Crippen molar-refractivity contribution in [3.63, 3.8) is 0 Å². The summed E-state index contributed by atoms with van der Waals surface area (Å²) < 4.78 is 1.90. The number of aryl methyl sites for hydroxylation is 1. The molecule has 0 radical (unpaired) electrons. The third kappa shape index (κ3) is 1.48. The van der Waals surface area contributed by atoms with Crippen molar-refractivity contribution >= 4 is 22.7 Å². The topological polar surface area (TPSA) is 64.2 Å². The molecule has 0 aliphatic rings. The highest BCUT2D eigenvalue weighted by atomic mass is 16.6. The zero-order chi connectivity index (χ0) is 11.9. The van der Waals surface area contributed by atoms with Crippen molar-refractivity contribution in [1.82, 2.24) is 9.55 Å². The lowest BCUT2D eigenvalue weighted by atomic mass is 10.3. The Bertz CT molecular complexity index is 559. The average molecular weight is 220 g/mol. The molecule has 2 aromatic rings. The Hall–Kier alpha value is -2.11. The van der Waals surface area contributed by atoms with E-state index in [2.05, 4.69) is 4.98 Å². The smallest absolute Gasteiger partial charge is 0.271 e. The number of fused-ring (bicyclic) bond motifs is 1. The number of rotatable bonds is 2.